The summed E-state index contributed by atoms with van der Waals surface area (Å²) < 4.78 is 18.4. The zero-order valence-corrected chi connectivity index (χ0v) is 17.5. The third-order valence-electron chi connectivity index (χ3n) is 3.85. The van der Waals surface area contributed by atoms with Crippen LogP contribution in [-0.2, 0) is 13.0 Å². The molecule has 0 spiro atoms. The van der Waals surface area contributed by atoms with Gasteiger partial charge in [0, 0.05) is 33.3 Å². The molecule has 0 aliphatic rings. The van der Waals surface area contributed by atoms with Gasteiger partial charge in [-0.15, -0.1) is 24.0 Å². The predicted octanol–water partition coefficient (Wildman–Crippen LogP) is 3.41. The lowest BCUT2D eigenvalue weighted by atomic mass is 10.1. The lowest BCUT2D eigenvalue weighted by molar-refractivity contribution is 0.406. The van der Waals surface area contributed by atoms with E-state index in [1.165, 1.54) is 12.1 Å². The van der Waals surface area contributed by atoms with E-state index in [1.54, 1.807) is 26.3 Å². The monoisotopic (exact) mass is 473 g/mol. The maximum Gasteiger partial charge on any atom is 0.193 e. The summed E-state index contributed by atoms with van der Waals surface area (Å²) in [7, 11) is 5.16. The normalized spacial score (nSPS) is 10.8. The fourth-order valence-corrected chi connectivity index (χ4v) is 2.56. The van der Waals surface area contributed by atoms with Crippen molar-refractivity contribution in [2.75, 3.05) is 27.7 Å². The minimum Gasteiger partial charge on any atom is -0.508 e. The number of phenols is 1. The summed E-state index contributed by atoms with van der Waals surface area (Å²) in [4.78, 5) is 6.16. The Bertz CT molecular complexity index is 740. The Balaban J connectivity index is 0.00000338. The number of aliphatic imine (C=N–C) groups is 1. The summed E-state index contributed by atoms with van der Waals surface area (Å²) >= 11 is 0. The molecule has 0 heterocycles. The molecular weight excluding hydrogens is 448 g/mol. The van der Waals surface area contributed by atoms with Crippen molar-refractivity contribution in [2.45, 2.75) is 13.0 Å². The molecule has 142 valence electrons. The molecule has 0 saturated carbocycles. The number of methoxy groups -OCH3 is 1. The van der Waals surface area contributed by atoms with Gasteiger partial charge in [-0.25, -0.2) is 4.39 Å². The Morgan fingerprint density at radius 2 is 2.04 bits per heavy atom. The highest BCUT2D eigenvalue weighted by Gasteiger charge is 2.08. The standard InChI is InChI=1S/C19H24FN3O2.HI/c1-21-19(23(2)13-14-5-4-6-16(20)11-14)22-10-9-15-7-8-17(25-3)12-18(15)24;/h4-8,11-12,24H,9-10,13H2,1-3H3,(H,21,22);1H. The van der Waals surface area contributed by atoms with Crippen LogP contribution in [0.2, 0.25) is 0 Å². The van der Waals surface area contributed by atoms with Crippen LogP contribution in [0, 0.1) is 5.82 Å². The molecule has 0 unspecified atom stereocenters. The molecule has 2 rings (SSSR count). The average Bonchev–Trinajstić information content (AvgIpc) is 2.59. The summed E-state index contributed by atoms with van der Waals surface area (Å²) in [6.07, 6.45) is 0.642. The van der Waals surface area contributed by atoms with Crippen LogP contribution in [0.15, 0.2) is 47.5 Å². The van der Waals surface area contributed by atoms with E-state index in [-0.39, 0.29) is 35.5 Å². The molecule has 0 amide bonds. The smallest absolute Gasteiger partial charge is 0.193 e. The number of guanidine groups is 1. The molecule has 0 saturated heterocycles. The second kappa shape index (κ2) is 10.8. The Kier molecular flexibility index (Phi) is 9.18. The number of halogens is 2. The van der Waals surface area contributed by atoms with Crippen molar-refractivity contribution in [2.24, 2.45) is 4.99 Å². The van der Waals surface area contributed by atoms with Gasteiger partial charge in [0.1, 0.15) is 17.3 Å². The van der Waals surface area contributed by atoms with Crippen LogP contribution in [0.25, 0.3) is 0 Å². The Labute approximate surface area is 170 Å². The van der Waals surface area contributed by atoms with Gasteiger partial charge in [-0.05, 0) is 35.7 Å². The van der Waals surface area contributed by atoms with Crippen LogP contribution >= 0.6 is 24.0 Å². The van der Waals surface area contributed by atoms with E-state index >= 15 is 0 Å². The maximum atomic E-state index is 13.3. The minimum absolute atomic E-state index is 0. The number of hydrogen-bond donors (Lipinski definition) is 2. The lowest BCUT2D eigenvalue weighted by Gasteiger charge is -2.22. The number of nitrogens with one attached hydrogen (secondary N) is 1. The van der Waals surface area contributed by atoms with Crippen LogP contribution in [0.1, 0.15) is 11.1 Å². The number of aromatic hydroxyl groups is 1. The first kappa shape index (κ1) is 22.0. The summed E-state index contributed by atoms with van der Waals surface area (Å²) in [6.45, 7) is 1.16. The fraction of sp³-hybridized carbons (Fsp3) is 0.316. The highest BCUT2D eigenvalue weighted by molar-refractivity contribution is 14.0. The van der Waals surface area contributed by atoms with Crippen molar-refractivity contribution in [1.82, 2.24) is 10.2 Å². The van der Waals surface area contributed by atoms with Gasteiger partial charge < -0.3 is 20.1 Å². The first-order valence-corrected chi connectivity index (χ1v) is 8.05. The second-order valence-electron chi connectivity index (χ2n) is 5.70. The number of phenolic OH excluding ortho intramolecular Hbond substituents is 1. The molecule has 0 aromatic heterocycles. The van der Waals surface area contributed by atoms with Crippen molar-refractivity contribution in [1.29, 1.82) is 0 Å². The Hall–Kier alpha value is -2.03. The molecule has 0 aliphatic carbocycles. The van der Waals surface area contributed by atoms with E-state index in [0.29, 0.717) is 31.2 Å². The van der Waals surface area contributed by atoms with Gasteiger partial charge >= 0.3 is 0 Å². The van der Waals surface area contributed by atoms with Crippen molar-refractivity contribution in [3.05, 3.63) is 59.4 Å². The van der Waals surface area contributed by atoms with Crippen LogP contribution in [0.4, 0.5) is 4.39 Å². The minimum atomic E-state index is -0.246. The van der Waals surface area contributed by atoms with E-state index in [2.05, 4.69) is 10.3 Å². The van der Waals surface area contributed by atoms with Gasteiger partial charge in [0.2, 0.25) is 0 Å². The van der Waals surface area contributed by atoms with Crippen molar-refractivity contribution >= 4 is 29.9 Å². The summed E-state index contributed by atoms with van der Waals surface area (Å²) in [5.74, 6) is 1.30. The van der Waals surface area contributed by atoms with E-state index in [9.17, 15) is 9.50 Å². The Morgan fingerprint density at radius 1 is 1.27 bits per heavy atom. The van der Waals surface area contributed by atoms with Crippen LogP contribution < -0.4 is 10.1 Å². The highest BCUT2D eigenvalue weighted by Crippen LogP contribution is 2.23. The van der Waals surface area contributed by atoms with Crippen LogP contribution in [-0.4, -0.2) is 43.7 Å². The zero-order valence-electron chi connectivity index (χ0n) is 15.2. The van der Waals surface area contributed by atoms with Crippen molar-refractivity contribution in [3.63, 3.8) is 0 Å². The summed E-state index contributed by atoms with van der Waals surface area (Å²) in [5.41, 5.74) is 1.70. The fourth-order valence-electron chi connectivity index (χ4n) is 2.56. The Morgan fingerprint density at radius 3 is 2.65 bits per heavy atom. The topological polar surface area (TPSA) is 57.1 Å². The van der Waals surface area contributed by atoms with Gasteiger partial charge in [0.15, 0.2) is 5.96 Å². The molecule has 0 atom stereocenters. The van der Waals surface area contributed by atoms with Crippen LogP contribution in [0.3, 0.4) is 0 Å². The molecule has 7 heteroatoms. The lowest BCUT2D eigenvalue weighted by Crippen LogP contribution is -2.39. The third kappa shape index (κ3) is 6.36. The van der Waals surface area contributed by atoms with Crippen molar-refractivity contribution < 1.29 is 14.2 Å². The van der Waals surface area contributed by atoms with Crippen LogP contribution in [0.5, 0.6) is 11.5 Å². The highest BCUT2D eigenvalue weighted by atomic mass is 127. The first-order valence-electron chi connectivity index (χ1n) is 8.05. The third-order valence-corrected chi connectivity index (χ3v) is 3.85. The molecule has 2 N–H and O–H groups in total. The van der Waals surface area contributed by atoms with E-state index in [0.717, 1.165) is 11.1 Å². The number of hydrogen-bond acceptors (Lipinski definition) is 3. The zero-order chi connectivity index (χ0) is 18.2. The average molecular weight is 473 g/mol. The van der Waals surface area contributed by atoms with Gasteiger partial charge in [0.05, 0.1) is 7.11 Å². The SMILES string of the molecule is CN=C(NCCc1ccc(OC)cc1O)N(C)Cc1cccc(F)c1.I. The molecule has 2 aromatic rings. The molecule has 26 heavy (non-hydrogen) atoms. The first-order chi connectivity index (χ1) is 12.0. The predicted molar refractivity (Wildman–Crippen MR) is 113 cm³/mol. The van der Waals surface area contributed by atoms with Crippen molar-refractivity contribution in [3.8, 4) is 11.5 Å². The summed E-state index contributed by atoms with van der Waals surface area (Å²) in [6, 6.07) is 11.8. The molecule has 5 nitrogen and oxygen atoms in total. The molecule has 0 radical (unpaired) electrons. The number of nitrogens with zero attached hydrogens (tertiary/aromatic N) is 2. The maximum absolute atomic E-state index is 13.3. The number of benzene rings is 2. The van der Waals surface area contributed by atoms with Gasteiger partial charge in [-0.3, -0.25) is 4.99 Å². The molecule has 0 aliphatic heterocycles. The second-order valence-corrected chi connectivity index (χ2v) is 5.70. The molecular formula is C19H25FIN3O2. The molecule has 2 aromatic carbocycles. The molecule has 0 fully saturated rings. The number of rotatable bonds is 6. The van der Waals surface area contributed by atoms with E-state index in [1.807, 2.05) is 30.1 Å². The van der Waals surface area contributed by atoms with E-state index < -0.39 is 0 Å². The largest absolute Gasteiger partial charge is 0.508 e. The molecule has 0 bridgehead atoms. The van der Waals surface area contributed by atoms with Gasteiger partial charge in [-0.2, -0.15) is 0 Å². The van der Waals surface area contributed by atoms with E-state index in [4.69, 9.17) is 4.74 Å². The van der Waals surface area contributed by atoms with Gasteiger partial charge in [0.25, 0.3) is 0 Å². The quantitative estimate of drug-likeness (QED) is 0.384. The summed E-state index contributed by atoms with van der Waals surface area (Å²) in [5, 5.41) is 13.2. The number of ether oxygens (including phenoxy) is 1. The van der Waals surface area contributed by atoms with Gasteiger partial charge in [-0.1, -0.05) is 18.2 Å².